The Kier molecular flexibility index (Phi) is 5.30. The van der Waals surface area contributed by atoms with Crippen LogP contribution in [0.5, 0.6) is 0 Å². The summed E-state index contributed by atoms with van der Waals surface area (Å²) < 4.78 is 5.42. The molecule has 0 aliphatic carbocycles. The van der Waals surface area contributed by atoms with Gasteiger partial charge in [0, 0.05) is 26.6 Å². The van der Waals surface area contributed by atoms with Gasteiger partial charge in [-0.3, -0.25) is 9.59 Å². The van der Waals surface area contributed by atoms with Crippen molar-refractivity contribution in [1.29, 1.82) is 0 Å². The van der Waals surface area contributed by atoms with E-state index in [0.29, 0.717) is 32.8 Å². The van der Waals surface area contributed by atoms with Crippen LogP contribution in [-0.4, -0.2) is 60.5 Å². The van der Waals surface area contributed by atoms with Crippen molar-refractivity contribution in [3.8, 4) is 0 Å². The molecule has 2 amide bonds. The first-order chi connectivity index (χ1) is 11.6. The van der Waals surface area contributed by atoms with Gasteiger partial charge in [0.2, 0.25) is 11.8 Å². The first kappa shape index (κ1) is 16.7. The molecule has 0 radical (unpaired) electrons. The Bertz CT molecular complexity index is 617. The van der Waals surface area contributed by atoms with Crippen molar-refractivity contribution in [2.45, 2.75) is 25.8 Å². The van der Waals surface area contributed by atoms with Crippen molar-refractivity contribution in [3.63, 3.8) is 0 Å². The van der Waals surface area contributed by atoms with Gasteiger partial charge in [0.1, 0.15) is 6.04 Å². The first-order valence-electron chi connectivity index (χ1n) is 8.53. The summed E-state index contributed by atoms with van der Waals surface area (Å²) in [6, 6.07) is 9.80. The predicted octanol–water partition coefficient (Wildman–Crippen LogP) is 1.94. The molecule has 128 valence electrons. The fourth-order valence-electron chi connectivity index (χ4n) is 3.34. The van der Waals surface area contributed by atoms with Gasteiger partial charge < -0.3 is 14.5 Å². The molecule has 0 aromatic heterocycles. The highest BCUT2D eigenvalue weighted by molar-refractivity contribution is 5.87. The molecule has 3 rings (SSSR count). The lowest BCUT2D eigenvalue weighted by molar-refractivity contribution is -0.153. The molecule has 5 nitrogen and oxygen atoms in total. The third-order valence-corrected chi connectivity index (χ3v) is 4.71. The molecule has 5 heteroatoms. The number of piperidine rings is 1. The van der Waals surface area contributed by atoms with Crippen LogP contribution in [-0.2, 0) is 14.3 Å². The van der Waals surface area contributed by atoms with E-state index in [4.69, 9.17) is 4.74 Å². The lowest BCUT2D eigenvalue weighted by Crippen LogP contribution is -2.57. The van der Waals surface area contributed by atoms with Crippen LogP contribution in [0.25, 0.3) is 6.08 Å². The number of likely N-dealkylation sites (tertiary alicyclic amines) is 1. The number of carbonyl (C=O) groups excluding carboxylic acids is 2. The SMILES string of the molecule is CC(=O)N1CCOC[C@H]1C(=O)N1CCC(=Cc2ccccc2)CC1. The van der Waals surface area contributed by atoms with Gasteiger partial charge in [0.05, 0.1) is 13.2 Å². The van der Waals surface area contributed by atoms with Crippen molar-refractivity contribution in [3.05, 3.63) is 41.5 Å². The summed E-state index contributed by atoms with van der Waals surface area (Å²) in [5, 5.41) is 0. The maximum atomic E-state index is 12.8. The molecular weight excluding hydrogens is 304 g/mol. The standard InChI is InChI=1S/C19H24N2O3/c1-15(22)21-11-12-24-14-18(21)19(23)20-9-7-17(8-10-20)13-16-5-3-2-4-6-16/h2-6,13,18H,7-12,14H2,1H3/t18-/m0/s1. The number of morpholine rings is 1. The average molecular weight is 328 g/mol. The number of nitrogens with zero attached hydrogens (tertiary/aromatic N) is 2. The minimum atomic E-state index is -0.462. The Hall–Kier alpha value is -2.14. The van der Waals surface area contributed by atoms with Crippen LogP contribution in [0.15, 0.2) is 35.9 Å². The van der Waals surface area contributed by atoms with Gasteiger partial charge in [-0.15, -0.1) is 0 Å². The number of ether oxygens (including phenoxy) is 1. The molecule has 1 aromatic carbocycles. The summed E-state index contributed by atoms with van der Waals surface area (Å²) in [6.07, 6.45) is 3.98. The molecular formula is C19H24N2O3. The number of amides is 2. The van der Waals surface area contributed by atoms with Crippen molar-refractivity contribution < 1.29 is 14.3 Å². The highest BCUT2D eigenvalue weighted by atomic mass is 16.5. The molecule has 0 spiro atoms. The van der Waals surface area contributed by atoms with E-state index in [2.05, 4.69) is 18.2 Å². The zero-order valence-electron chi connectivity index (χ0n) is 14.1. The molecule has 24 heavy (non-hydrogen) atoms. The molecule has 0 N–H and O–H groups in total. The molecule has 1 aromatic rings. The van der Waals surface area contributed by atoms with Gasteiger partial charge in [-0.1, -0.05) is 42.0 Å². The molecule has 0 saturated carbocycles. The van der Waals surface area contributed by atoms with Crippen LogP contribution in [0, 0.1) is 0 Å². The zero-order chi connectivity index (χ0) is 16.9. The van der Waals surface area contributed by atoms with E-state index in [0.717, 1.165) is 12.8 Å². The van der Waals surface area contributed by atoms with E-state index < -0.39 is 6.04 Å². The topological polar surface area (TPSA) is 49.9 Å². The van der Waals surface area contributed by atoms with Crippen LogP contribution in [0.3, 0.4) is 0 Å². The second-order valence-electron chi connectivity index (χ2n) is 6.34. The van der Waals surface area contributed by atoms with Gasteiger partial charge in [-0.2, -0.15) is 0 Å². The van der Waals surface area contributed by atoms with Gasteiger partial charge in [-0.05, 0) is 18.4 Å². The minimum Gasteiger partial charge on any atom is -0.377 e. The summed E-state index contributed by atoms with van der Waals surface area (Å²) in [7, 11) is 0. The smallest absolute Gasteiger partial charge is 0.247 e. The number of rotatable bonds is 2. The molecule has 2 heterocycles. The molecule has 2 saturated heterocycles. The number of hydrogen-bond donors (Lipinski definition) is 0. The normalized spacial score (nSPS) is 21.5. The van der Waals surface area contributed by atoms with E-state index in [1.165, 1.54) is 18.1 Å². The predicted molar refractivity (Wildman–Crippen MR) is 92.2 cm³/mol. The van der Waals surface area contributed by atoms with E-state index in [1.54, 1.807) is 4.90 Å². The van der Waals surface area contributed by atoms with E-state index in [-0.39, 0.29) is 11.8 Å². The van der Waals surface area contributed by atoms with Crippen molar-refractivity contribution in [1.82, 2.24) is 9.80 Å². The van der Waals surface area contributed by atoms with Crippen LogP contribution >= 0.6 is 0 Å². The summed E-state index contributed by atoms with van der Waals surface area (Å²) in [4.78, 5) is 28.0. The van der Waals surface area contributed by atoms with Gasteiger partial charge in [-0.25, -0.2) is 0 Å². The number of hydrogen-bond acceptors (Lipinski definition) is 3. The lowest BCUT2D eigenvalue weighted by Gasteiger charge is -2.38. The van der Waals surface area contributed by atoms with Gasteiger partial charge in [0.15, 0.2) is 0 Å². The van der Waals surface area contributed by atoms with Gasteiger partial charge in [0.25, 0.3) is 0 Å². The Balaban J connectivity index is 1.60. The Morgan fingerprint density at radius 3 is 2.50 bits per heavy atom. The van der Waals surface area contributed by atoms with E-state index >= 15 is 0 Å². The minimum absolute atomic E-state index is 0.0173. The largest absolute Gasteiger partial charge is 0.377 e. The van der Waals surface area contributed by atoms with Crippen molar-refractivity contribution >= 4 is 17.9 Å². The molecule has 2 aliphatic rings. The molecule has 2 aliphatic heterocycles. The maximum absolute atomic E-state index is 12.8. The second-order valence-corrected chi connectivity index (χ2v) is 6.34. The van der Waals surface area contributed by atoms with Crippen molar-refractivity contribution in [2.24, 2.45) is 0 Å². The fourth-order valence-corrected chi connectivity index (χ4v) is 3.34. The summed E-state index contributed by atoms with van der Waals surface area (Å²) in [6.45, 7) is 4.25. The van der Waals surface area contributed by atoms with Gasteiger partial charge >= 0.3 is 0 Å². The zero-order valence-corrected chi connectivity index (χ0v) is 14.1. The highest BCUT2D eigenvalue weighted by Gasteiger charge is 2.34. The summed E-state index contributed by atoms with van der Waals surface area (Å²) >= 11 is 0. The molecule has 2 fully saturated rings. The average Bonchev–Trinajstić information content (AvgIpc) is 2.62. The lowest BCUT2D eigenvalue weighted by atomic mass is 10.00. The van der Waals surface area contributed by atoms with Crippen LogP contribution in [0.1, 0.15) is 25.3 Å². The first-order valence-corrected chi connectivity index (χ1v) is 8.53. The number of benzene rings is 1. The molecule has 0 bridgehead atoms. The number of carbonyl (C=O) groups is 2. The maximum Gasteiger partial charge on any atom is 0.247 e. The Labute approximate surface area is 142 Å². The van der Waals surface area contributed by atoms with Crippen LogP contribution in [0.4, 0.5) is 0 Å². The fraction of sp³-hybridized carbons (Fsp3) is 0.474. The van der Waals surface area contributed by atoms with Crippen LogP contribution in [0.2, 0.25) is 0 Å². The Morgan fingerprint density at radius 2 is 1.83 bits per heavy atom. The monoisotopic (exact) mass is 328 g/mol. The Morgan fingerprint density at radius 1 is 1.12 bits per heavy atom. The highest BCUT2D eigenvalue weighted by Crippen LogP contribution is 2.21. The summed E-state index contributed by atoms with van der Waals surface area (Å²) in [5.74, 6) is -0.0398. The summed E-state index contributed by atoms with van der Waals surface area (Å²) in [5.41, 5.74) is 2.57. The van der Waals surface area contributed by atoms with E-state index in [1.807, 2.05) is 23.1 Å². The third-order valence-electron chi connectivity index (χ3n) is 4.71. The molecule has 1 atom stereocenters. The molecule has 0 unspecified atom stereocenters. The van der Waals surface area contributed by atoms with Crippen LogP contribution < -0.4 is 0 Å². The third kappa shape index (κ3) is 3.85. The quantitative estimate of drug-likeness (QED) is 0.834. The van der Waals surface area contributed by atoms with Crippen molar-refractivity contribution in [2.75, 3.05) is 32.8 Å². The second kappa shape index (κ2) is 7.62. The van der Waals surface area contributed by atoms with E-state index in [9.17, 15) is 9.59 Å².